The first-order valence-electron chi connectivity index (χ1n) is 6.53. The molecule has 1 aliphatic rings. The molecule has 0 radical (unpaired) electrons. The highest BCUT2D eigenvalue weighted by Gasteiger charge is 2.24. The van der Waals surface area contributed by atoms with Crippen LogP contribution in [0.1, 0.15) is 10.4 Å². The number of quaternary nitrogens is 1. The van der Waals surface area contributed by atoms with Gasteiger partial charge >= 0.3 is 5.97 Å². The summed E-state index contributed by atoms with van der Waals surface area (Å²) < 4.78 is 16.3. The minimum absolute atomic E-state index is 0.214. The van der Waals surface area contributed by atoms with Gasteiger partial charge in [-0.15, -0.1) is 0 Å². The summed E-state index contributed by atoms with van der Waals surface area (Å²) in [4.78, 5) is 13.9. The Bertz CT molecular complexity index is 546. The zero-order valence-corrected chi connectivity index (χ0v) is 22.1. The molecule has 4 nitrogen and oxygen atoms in total. The first-order chi connectivity index (χ1) is 10.4. The number of nitrogens with one attached hydrogen (secondary N) is 1. The second-order valence-corrected chi connectivity index (χ2v) is 10.1. The number of carbonyl (C=O) groups is 1. The summed E-state index contributed by atoms with van der Waals surface area (Å²) in [6, 6.07) is 0. The zero-order valence-electron chi connectivity index (χ0n) is 11.4. The molecule has 0 saturated carbocycles. The van der Waals surface area contributed by atoms with Crippen molar-refractivity contribution in [3.05, 3.63) is 23.4 Å². The van der Waals surface area contributed by atoms with Crippen LogP contribution in [0, 0.1) is 17.9 Å². The van der Waals surface area contributed by atoms with Gasteiger partial charge < -0.3 is 14.4 Å². The lowest BCUT2D eigenvalue weighted by molar-refractivity contribution is -0.908. The molecule has 0 unspecified atom stereocenters. The highest BCUT2D eigenvalue weighted by Crippen LogP contribution is 2.33. The molecule has 0 aromatic heterocycles. The summed E-state index contributed by atoms with van der Waals surface area (Å²) >= 11 is 11.4. The van der Waals surface area contributed by atoms with E-state index in [9.17, 15) is 4.79 Å². The second kappa shape index (κ2) is 9.82. The summed E-state index contributed by atoms with van der Waals surface area (Å²) in [5, 5.41) is 0. The van der Waals surface area contributed by atoms with Gasteiger partial charge in [0.1, 0.15) is 26.2 Å². The smallest absolute Gasteiger partial charge is 0.340 e. The standard InChI is InChI=1S/C13H12I5NO3/c14-8-7(9(15)11(17)12(18)10(8)16)13(20)22-6-3-19-1-4-21-5-2-19/h1-6H2/p+1. The predicted octanol–water partition coefficient (Wildman–Crippen LogP) is 2.78. The fourth-order valence-corrected chi connectivity index (χ4v) is 7.26. The largest absolute Gasteiger partial charge is 0.456 e. The van der Waals surface area contributed by atoms with E-state index in [1.807, 2.05) is 0 Å². The fourth-order valence-electron chi connectivity index (χ4n) is 2.05. The summed E-state index contributed by atoms with van der Waals surface area (Å²) in [5.41, 5.74) is 0.701. The predicted molar refractivity (Wildman–Crippen MR) is 127 cm³/mol. The van der Waals surface area contributed by atoms with E-state index in [0.717, 1.165) is 47.1 Å². The fraction of sp³-hybridized carbons (Fsp3) is 0.462. The van der Waals surface area contributed by atoms with Crippen LogP contribution < -0.4 is 4.90 Å². The number of esters is 1. The summed E-state index contributed by atoms with van der Waals surface area (Å²) in [7, 11) is 0. The maximum absolute atomic E-state index is 12.5. The molecule has 22 heavy (non-hydrogen) atoms. The van der Waals surface area contributed by atoms with Crippen LogP contribution in [-0.4, -0.2) is 45.4 Å². The Hall–Kier alpha value is 2.26. The number of halogens is 5. The maximum atomic E-state index is 12.5. The van der Waals surface area contributed by atoms with Crippen LogP contribution in [0.5, 0.6) is 0 Å². The minimum atomic E-state index is -0.214. The molecule has 0 atom stereocenters. The average Bonchev–Trinajstić information content (AvgIpc) is 2.52. The van der Waals surface area contributed by atoms with Gasteiger partial charge in [-0.05, 0) is 113 Å². The number of rotatable bonds is 4. The van der Waals surface area contributed by atoms with E-state index in [-0.39, 0.29) is 5.97 Å². The molecule has 0 bridgehead atoms. The Morgan fingerprint density at radius 3 is 2.00 bits per heavy atom. The normalized spacial score (nSPS) is 15.9. The van der Waals surface area contributed by atoms with Crippen molar-refractivity contribution in [1.82, 2.24) is 0 Å². The van der Waals surface area contributed by atoms with Gasteiger partial charge in [-0.3, -0.25) is 0 Å². The molecule has 2 rings (SSSR count). The molecule has 1 aromatic carbocycles. The Morgan fingerprint density at radius 1 is 0.955 bits per heavy atom. The molecule has 1 aromatic rings. The zero-order chi connectivity index (χ0) is 16.3. The van der Waals surface area contributed by atoms with Crippen molar-refractivity contribution in [1.29, 1.82) is 0 Å². The highest BCUT2D eigenvalue weighted by atomic mass is 127. The van der Waals surface area contributed by atoms with Crippen molar-refractivity contribution in [2.75, 3.05) is 39.5 Å². The number of hydrogen-bond donors (Lipinski definition) is 1. The quantitative estimate of drug-likeness (QED) is 0.220. The summed E-state index contributed by atoms with van der Waals surface area (Å²) in [5.74, 6) is -0.214. The molecular formula is C13H13I5NO3+. The van der Waals surface area contributed by atoms with Gasteiger partial charge in [0.15, 0.2) is 0 Å². The van der Waals surface area contributed by atoms with E-state index in [0.29, 0.717) is 12.2 Å². The topological polar surface area (TPSA) is 40.0 Å². The minimum Gasteiger partial charge on any atom is -0.456 e. The maximum Gasteiger partial charge on any atom is 0.340 e. The first kappa shape index (κ1) is 20.6. The number of carbonyl (C=O) groups excluding carboxylic acids is 1. The molecule has 0 amide bonds. The molecule has 1 aliphatic heterocycles. The molecule has 122 valence electrons. The van der Waals surface area contributed by atoms with Crippen molar-refractivity contribution >= 4 is 119 Å². The monoisotopic (exact) mass is 866 g/mol. The Morgan fingerprint density at radius 2 is 1.45 bits per heavy atom. The second-order valence-electron chi connectivity index (χ2n) is 4.69. The van der Waals surface area contributed by atoms with Crippen LogP contribution in [0.4, 0.5) is 0 Å². The van der Waals surface area contributed by atoms with Gasteiger partial charge in [-0.1, -0.05) is 0 Å². The molecule has 1 fully saturated rings. The molecule has 1 heterocycles. The Balaban J connectivity index is 2.03. The van der Waals surface area contributed by atoms with Crippen molar-refractivity contribution in [2.45, 2.75) is 0 Å². The van der Waals surface area contributed by atoms with Crippen LogP contribution in [0.2, 0.25) is 0 Å². The Kier molecular flexibility index (Phi) is 9.18. The van der Waals surface area contributed by atoms with E-state index in [2.05, 4.69) is 113 Å². The number of morpholine rings is 1. The van der Waals surface area contributed by atoms with Crippen molar-refractivity contribution < 1.29 is 19.2 Å². The lowest BCUT2D eigenvalue weighted by Gasteiger charge is -2.23. The average molecular weight is 866 g/mol. The van der Waals surface area contributed by atoms with Gasteiger partial charge in [0, 0.05) is 17.9 Å². The Labute approximate surface area is 197 Å². The van der Waals surface area contributed by atoms with Crippen LogP contribution in [0.25, 0.3) is 0 Å². The van der Waals surface area contributed by atoms with E-state index in [1.165, 1.54) is 8.47 Å². The van der Waals surface area contributed by atoms with Crippen LogP contribution >= 0.6 is 113 Å². The van der Waals surface area contributed by atoms with Crippen LogP contribution in [-0.2, 0) is 9.47 Å². The van der Waals surface area contributed by atoms with E-state index >= 15 is 0 Å². The van der Waals surface area contributed by atoms with E-state index in [1.54, 1.807) is 0 Å². The summed E-state index contributed by atoms with van der Waals surface area (Å²) in [6.45, 7) is 4.89. The van der Waals surface area contributed by atoms with Crippen LogP contribution in [0.15, 0.2) is 0 Å². The highest BCUT2D eigenvalue weighted by molar-refractivity contribution is 14.1. The van der Waals surface area contributed by atoms with Gasteiger partial charge in [-0.25, -0.2) is 4.79 Å². The van der Waals surface area contributed by atoms with Gasteiger partial charge in [0.2, 0.25) is 0 Å². The molecular weight excluding hydrogens is 853 g/mol. The van der Waals surface area contributed by atoms with Gasteiger partial charge in [-0.2, -0.15) is 0 Å². The number of benzene rings is 1. The van der Waals surface area contributed by atoms with Gasteiger partial charge in [0.25, 0.3) is 0 Å². The first-order valence-corrected chi connectivity index (χ1v) is 11.9. The van der Waals surface area contributed by atoms with Crippen molar-refractivity contribution in [3.63, 3.8) is 0 Å². The third-order valence-corrected chi connectivity index (χ3v) is 12.8. The number of ether oxygens (including phenoxy) is 2. The lowest BCUT2D eigenvalue weighted by atomic mass is 10.2. The van der Waals surface area contributed by atoms with Gasteiger partial charge in [0.05, 0.1) is 18.8 Å². The van der Waals surface area contributed by atoms with Crippen molar-refractivity contribution in [3.8, 4) is 0 Å². The van der Waals surface area contributed by atoms with Crippen molar-refractivity contribution in [2.24, 2.45) is 0 Å². The molecule has 9 heteroatoms. The lowest BCUT2D eigenvalue weighted by Crippen LogP contribution is -3.14. The third kappa shape index (κ3) is 5.14. The molecule has 0 spiro atoms. The van der Waals surface area contributed by atoms with Crippen LogP contribution in [0.3, 0.4) is 0 Å². The van der Waals surface area contributed by atoms with E-state index < -0.39 is 0 Å². The number of hydrogen-bond acceptors (Lipinski definition) is 3. The molecule has 0 aliphatic carbocycles. The summed E-state index contributed by atoms with van der Waals surface area (Å²) in [6.07, 6.45) is 0. The third-order valence-electron chi connectivity index (χ3n) is 3.30. The molecule has 1 saturated heterocycles. The molecule has 1 N–H and O–H groups in total. The SMILES string of the molecule is O=C(OCC[NH+]1CCOCC1)c1c(I)c(I)c(I)c(I)c1I. The van der Waals surface area contributed by atoms with E-state index in [4.69, 9.17) is 9.47 Å².